The number of hydrogen-bond acceptors (Lipinski definition) is 5. The molecule has 0 heterocycles. The molecule has 0 aliphatic carbocycles. The second kappa shape index (κ2) is 9.23. The average molecular weight is 290 g/mol. The van der Waals surface area contributed by atoms with Crippen LogP contribution in [0.1, 0.15) is 41.0 Å². The molecular formula is C14H26O4S. The van der Waals surface area contributed by atoms with Crippen LogP contribution >= 0.6 is 11.8 Å². The third-order valence-corrected chi connectivity index (χ3v) is 4.01. The first-order valence-electron chi connectivity index (χ1n) is 6.89. The van der Waals surface area contributed by atoms with Gasteiger partial charge in [0.1, 0.15) is 0 Å². The van der Waals surface area contributed by atoms with E-state index < -0.39 is 17.4 Å². The highest BCUT2D eigenvalue weighted by Crippen LogP contribution is 2.36. The van der Waals surface area contributed by atoms with Crippen molar-refractivity contribution in [3.05, 3.63) is 0 Å². The quantitative estimate of drug-likeness (QED) is 0.371. The summed E-state index contributed by atoms with van der Waals surface area (Å²) in [6.07, 6.45) is 0.459. The van der Waals surface area contributed by atoms with Crippen molar-refractivity contribution in [1.82, 2.24) is 0 Å². The highest BCUT2D eigenvalue weighted by atomic mass is 32.2. The summed E-state index contributed by atoms with van der Waals surface area (Å²) in [5.74, 6) is 0.634. The minimum atomic E-state index is -1.17. The third kappa shape index (κ3) is 4.71. The molecule has 0 atom stereocenters. The maximum absolute atomic E-state index is 12.3. The summed E-state index contributed by atoms with van der Waals surface area (Å²) in [7, 11) is 0. The molecular weight excluding hydrogens is 264 g/mol. The summed E-state index contributed by atoms with van der Waals surface area (Å²) in [4.78, 5) is 24.6. The van der Waals surface area contributed by atoms with Crippen molar-refractivity contribution in [2.75, 3.05) is 24.7 Å². The van der Waals surface area contributed by atoms with Crippen molar-refractivity contribution in [3.63, 3.8) is 0 Å². The fraction of sp³-hybridized carbons (Fsp3) is 0.857. The Hall–Kier alpha value is -0.710. The van der Waals surface area contributed by atoms with Crippen LogP contribution in [0.25, 0.3) is 0 Å². The molecule has 0 amide bonds. The molecule has 0 spiro atoms. The monoisotopic (exact) mass is 290 g/mol. The van der Waals surface area contributed by atoms with Crippen molar-refractivity contribution in [2.24, 2.45) is 11.3 Å². The van der Waals surface area contributed by atoms with Crippen LogP contribution in [0.3, 0.4) is 0 Å². The van der Waals surface area contributed by atoms with Gasteiger partial charge in [-0.3, -0.25) is 9.59 Å². The number of carbonyl (C=O) groups is 2. The number of carbonyl (C=O) groups excluding carboxylic acids is 2. The fourth-order valence-corrected chi connectivity index (χ4v) is 2.70. The van der Waals surface area contributed by atoms with Crippen LogP contribution in [0.4, 0.5) is 0 Å². The smallest absolute Gasteiger partial charge is 0.323 e. The molecule has 0 saturated carbocycles. The third-order valence-electron chi connectivity index (χ3n) is 3.11. The van der Waals surface area contributed by atoms with Gasteiger partial charge in [-0.15, -0.1) is 0 Å². The number of hydrogen-bond donors (Lipinski definition) is 0. The summed E-state index contributed by atoms with van der Waals surface area (Å²) >= 11 is 1.71. The van der Waals surface area contributed by atoms with Crippen molar-refractivity contribution >= 4 is 23.7 Å². The lowest BCUT2D eigenvalue weighted by atomic mass is 9.75. The Morgan fingerprint density at radius 3 is 1.84 bits per heavy atom. The lowest BCUT2D eigenvalue weighted by Crippen LogP contribution is -2.46. The molecule has 0 fully saturated rings. The summed E-state index contributed by atoms with van der Waals surface area (Å²) in [6.45, 7) is 9.82. The van der Waals surface area contributed by atoms with Crippen LogP contribution in [0, 0.1) is 11.3 Å². The standard InChI is InChI=1S/C14H26O4S/c1-6-17-12(15)14(11(4)5,9-10-19-8-3)13(16)18-7-2/h11H,6-10H2,1-5H3. The average Bonchev–Trinajstić information content (AvgIpc) is 2.34. The summed E-state index contributed by atoms with van der Waals surface area (Å²) < 4.78 is 10.2. The zero-order valence-electron chi connectivity index (χ0n) is 12.7. The molecule has 0 aliphatic heterocycles. The van der Waals surface area contributed by atoms with E-state index in [0.717, 1.165) is 11.5 Å². The van der Waals surface area contributed by atoms with Gasteiger partial charge in [0.2, 0.25) is 0 Å². The van der Waals surface area contributed by atoms with Gasteiger partial charge in [-0.05, 0) is 37.7 Å². The van der Waals surface area contributed by atoms with Crippen LogP contribution in [0.2, 0.25) is 0 Å². The molecule has 5 heteroatoms. The summed E-state index contributed by atoms with van der Waals surface area (Å²) in [6, 6.07) is 0. The zero-order chi connectivity index (χ0) is 14.9. The minimum Gasteiger partial charge on any atom is -0.465 e. The van der Waals surface area contributed by atoms with Crippen LogP contribution in [-0.4, -0.2) is 36.7 Å². The van der Waals surface area contributed by atoms with Gasteiger partial charge in [0.25, 0.3) is 0 Å². The van der Waals surface area contributed by atoms with Gasteiger partial charge in [0, 0.05) is 0 Å². The molecule has 0 aliphatic rings. The van der Waals surface area contributed by atoms with E-state index in [4.69, 9.17) is 9.47 Å². The van der Waals surface area contributed by atoms with Gasteiger partial charge >= 0.3 is 11.9 Å². The van der Waals surface area contributed by atoms with E-state index in [2.05, 4.69) is 6.92 Å². The fourth-order valence-electron chi connectivity index (χ4n) is 1.94. The molecule has 0 N–H and O–H groups in total. The van der Waals surface area contributed by atoms with E-state index in [9.17, 15) is 9.59 Å². The second-order valence-electron chi connectivity index (χ2n) is 4.51. The molecule has 0 aromatic carbocycles. The van der Waals surface area contributed by atoms with E-state index in [1.807, 2.05) is 13.8 Å². The second-order valence-corrected chi connectivity index (χ2v) is 5.91. The van der Waals surface area contributed by atoms with Gasteiger partial charge in [-0.2, -0.15) is 11.8 Å². The Bertz CT molecular complexity index is 271. The summed E-state index contributed by atoms with van der Waals surface area (Å²) in [5.41, 5.74) is -1.17. The molecule has 0 bridgehead atoms. The van der Waals surface area contributed by atoms with Gasteiger partial charge in [0.15, 0.2) is 5.41 Å². The van der Waals surface area contributed by atoms with Gasteiger partial charge in [0.05, 0.1) is 13.2 Å². The first-order chi connectivity index (χ1) is 8.97. The number of ether oxygens (including phenoxy) is 2. The van der Waals surface area contributed by atoms with Crippen LogP contribution in [0.5, 0.6) is 0 Å². The molecule has 0 rings (SSSR count). The molecule has 0 radical (unpaired) electrons. The van der Waals surface area contributed by atoms with Crippen molar-refractivity contribution in [2.45, 2.75) is 41.0 Å². The number of thioether (sulfide) groups is 1. The van der Waals surface area contributed by atoms with Crippen LogP contribution in [-0.2, 0) is 19.1 Å². The highest BCUT2D eigenvalue weighted by molar-refractivity contribution is 7.99. The van der Waals surface area contributed by atoms with E-state index in [-0.39, 0.29) is 19.1 Å². The predicted octanol–water partition coefficient (Wildman–Crippen LogP) is 2.90. The zero-order valence-corrected chi connectivity index (χ0v) is 13.5. The van der Waals surface area contributed by atoms with Crippen molar-refractivity contribution in [1.29, 1.82) is 0 Å². The van der Waals surface area contributed by atoms with Gasteiger partial charge in [-0.25, -0.2) is 0 Å². The van der Waals surface area contributed by atoms with Crippen LogP contribution < -0.4 is 0 Å². The Kier molecular flexibility index (Phi) is 8.89. The molecule has 19 heavy (non-hydrogen) atoms. The maximum atomic E-state index is 12.3. The molecule has 4 nitrogen and oxygen atoms in total. The Morgan fingerprint density at radius 1 is 1.05 bits per heavy atom. The van der Waals surface area contributed by atoms with E-state index >= 15 is 0 Å². The molecule has 112 valence electrons. The Balaban J connectivity index is 5.21. The maximum Gasteiger partial charge on any atom is 0.323 e. The highest BCUT2D eigenvalue weighted by Gasteiger charge is 2.50. The minimum absolute atomic E-state index is 0.150. The molecule has 0 aromatic heterocycles. The van der Waals surface area contributed by atoms with E-state index in [1.54, 1.807) is 25.6 Å². The van der Waals surface area contributed by atoms with Gasteiger partial charge < -0.3 is 9.47 Å². The van der Waals surface area contributed by atoms with E-state index in [1.165, 1.54) is 0 Å². The van der Waals surface area contributed by atoms with Crippen molar-refractivity contribution in [3.8, 4) is 0 Å². The Labute approximate surface area is 120 Å². The number of esters is 2. The predicted molar refractivity (Wildman–Crippen MR) is 78.2 cm³/mol. The lowest BCUT2D eigenvalue weighted by molar-refractivity contribution is -0.176. The first-order valence-corrected chi connectivity index (χ1v) is 8.04. The Morgan fingerprint density at radius 2 is 1.53 bits per heavy atom. The van der Waals surface area contributed by atoms with Crippen molar-refractivity contribution < 1.29 is 19.1 Å². The van der Waals surface area contributed by atoms with Gasteiger partial charge in [-0.1, -0.05) is 20.8 Å². The SMILES string of the molecule is CCOC(=O)C(CCSCC)(C(=O)OCC)C(C)C. The van der Waals surface area contributed by atoms with Crippen LogP contribution in [0.15, 0.2) is 0 Å². The first kappa shape index (κ1) is 18.3. The van der Waals surface area contributed by atoms with E-state index in [0.29, 0.717) is 6.42 Å². The molecule has 0 saturated heterocycles. The number of rotatable bonds is 9. The summed E-state index contributed by atoms with van der Waals surface area (Å²) in [5, 5.41) is 0. The normalized spacial score (nSPS) is 11.5. The largest absolute Gasteiger partial charge is 0.465 e. The molecule has 0 aromatic rings. The lowest BCUT2D eigenvalue weighted by Gasteiger charge is -2.32. The topological polar surface area (TPSA) is 52.6 Å². The molecule has 0 unspecified atom stereocenters.